The highest BCUT2D eigenvalue weighted by Gasteiger charge is 2.18. The molecule has 2 aromatic heterocycles. The summed E-state index contributed by atoms with van der Waals surface area (Å²) in [6.45, 7) is 5.78. The highest BCUT2D eigenvalue weighted by atomic mass is 35.5. The van der Waals surface area contributed by atoms with Crippen LogP contribution >= 0.6 is 22.9 Å². The number of nitrogens with one attached hydrogen (secondary N) is 1. The van der Waals surface area contributed by atoms with E-state index in [9.17, 15) is 4.79 Å². The number of amides is 1. The lowest BCUT2D eigenvalue weighted by atomic mass is 10.1. The third-order valence-corrected chi connectivity index (χ3v) is 4.97. The lowest BCUT2D eigenvalue weighted by molar-refractivity contribution is 0.102. The molecule has 1 amide bonds. The van der Waals surface area contributed by atoms with Gasteiger partial charge in [0.15, 0.2) is 5.13 Å². The Morgan fingerprint density at radius 3 is 2.78 bits per heavy atom. The van der Waals surface area contributed by atoms with E-state index in [0.717, 1.165) is 27.8 Å². The van der Waals surface area contributed by atoms with E-state index in [1.165, 1.54) is 0 Å². The smallest absolute Gasteiger partial charge is 0.257 e. The predicted molar refractivity (Wildman–Crippen MR) is 95.1 cm³/mol. The third kappa shape index (κ3) is 2.90. The van der Waals surface area contributed by atoms with Crippen molar-refractivity contribution < 1.29 is 4.79 Å². The van der Waals surface area contributed by atoms with Crippen LogP contribution in [-0.4, -0.2) is 15.5 Å². The Morgan fingerprint density at radius 1 is 1.30 bits per heavy atom. The first-order valence-electron chi connectivity index (χ1n) is 7.14. The summed E-state index contributed by atoms with van der Waals surface area (Å²) in [6.07, 6.45) is 1.76. The van der Waals surface area contributed by atoms with E-state index in [1.54, 1.807) is 23.6 Å². The maximum Gasteiger partial charge on any atom is 0.257 e. The molecular weight excluding hydrogens is 330 g/mol. The molecule has 3 aromatic rings. The fraction of sp³-hybridized carbons (Fsp3) is 0.176. The molecule has 0 radical (unpaired) electrons. The summed E-state index contributed by atoms with van der Waals surface area (Å²) < 4.78 is 1.99. The monoisotopic (exact) mass is 345 g/mol. The van der Waals surface area contributed by atoms with Crippen molar-refractivity contribution in [1.82, 2.24) is 9.55 Å². The van der Waals surface area contributed by atoms with Crippen molar-refractivity contribution in [2.24, 2.45) is 0 Å². The summed E-state index contributed by atoms with van der Waals surface area (Å²) in [7, 11) is 0. The topological polar surface area (TPSA) is 46.9 Å². The van der Waals surface area contributed by atoms with Crippen molar-refractivity contribution >= 4 is 34.5 Å². The van der Waals surface area contributed by atoms with Crippen LogP contribution in [0.2, 0.25) is 5.02 Å². The number of halogens is 1. The number of nitrogens with zero attached hydrogens (tertiary/aromatic N) is 2. The van der Waals surface area contributed by atoms with Gasteiger partial charge >= 0.3 is 0 Å². The zero-order valence-electron chi connectivity index (χ0n) is 13.1. The molecule has 1 aromatic carbocycles. The minimum Gasteiger partial charge on any atom is -0.322 e. The Kier molecular flexibility index (Phi) is 4.24. The summed E-state index contributed by atoms with van der Waals surface area (Å²) in [4.78, 5) is 17.0. The van der Waals surface area contributed by atoms with Crippen molar-refractivity contribution in [3.63, 3.8) is 0 Å². The standard InChI is InChI=1S/C17H16ClN3OS/c1-10-9-13(12(3)21(10)17-19-7-8-23-17)16(22)20-15-6-4-5-14(18)11(15)2/h4-9H,1-3H3,(H,20,22). The Morgan fingerprint density at radius 2 is 2.09 bits per heavy atom. The molecule has 23 heavy (non-hydrogen) atoms. The van der Waals surface area contributed by atoms with Crippen LogP contribution in [-0.2, 0) is 0 Å². The Balaban J connectivity index is 1.95. The van der Waals surface area contributed by atoms with Crippen LogP contribution in [0.15, 0.2) is 35.8 Å². The van der Waals surface area contributed by atoms with Crippen molar-refractivity contribution in [2.45, 2.75) is 20.8 Å². The van der Waals surface area contributed by atoms with E-state index >= 15 is 0 Å². The van der Waals surface area contributed by atoms with Crippen LogP contribution in [0.25, 0.3) is 5.13 Å². The second kappa shape index (κ2) is 6.18. The molecule has 1 N–H and O–H groups in total. The molecule has 0 fully saturated rings. The Hall–Kier alpha value is -2.11. The molecule has 6 heteroatoms. The van der Waals surface area contributed by atoms with Gasteiger partial charge in [0.1, 0.15) is 0 Å². The summed E-state index contributed by atoms with van der Waals surface area (Å²) in [5.41, 5.74) is 4.06. The second-order valence-electron chi connectivity index (χ2n) is 5.30. The average molecular weight is 346 g/mol. The number of carbonyl (C=O) groups excluding carboxylic acids is 1. The normalized spacial score (nSPS) is 10.8. The molecule has 0 aliphatic carbocycles. The van der Waals surface area contributed by atoms with E-state index in [1.807, 2.05) is 48.9 Å². The summed E-state index contributed by atoms with van der Waals surface area (Å²) in [5, 5.41) is 6.35. The van der Waals surface area contributed by atoms with E-state index in [-0.39, 0.29) is 5.91 Å². The van der Waals surface area contributed by atoms with Crippen molar-refractivity contribution in [3.8, 4) is 5.13 Å². The molecule has 0 aliphatic heterocycles. The van der Waals surface area contributed by atoms with Crippen molar-refractivity contribution in [2.75, 3.05) is 5.32 Å². The molecule has 0 spiro atoms. The second-order valence-corrected chi connectivity index (χ2v) is 6.58. The highest BCUT2D eigenvalue weighted by Crippen LogP contribution is 2.26. The molecule has 0 atom stereocenters. The average Bonchev–Trinajstić information content (AvgIpc) is 3.12. The van der Waals surface area contributed by atoms with Gasteiger partial charge in [-0.3, -0.25) is 9.36 Å². The molecule has 2 heterocycles. The van der Waals surface area contributed by atoms with Gasteiger partial charge in [-0.25, -0.2) is 4.98 Å². The zero-order valence-corrected chi connectivity index (χ0v) is 14.6. The van der Waals surface area contributed by atoms with Crippen molar-refractivity contribution in [1.29, 1.82) is 0 Å². The molecule has 0 saturated heterocycles. The first-order valence-corrected chi connectivity index (χ1v) is 8.40. The fourth-order valence-electron chi connectivity index (χ4n) is 2.55. The number of rotatable bonds is 3. The molecule has 0 aliphatic rings. The largest absolute Gasteiger partial charge is 0.322 e. The van der Waals surface area contributed by atoms with Gasteiger partial charge in [0.25, 0.3) is 5.91 Å². The molecule has 118 valence electrons. The molecule has 4 nitrogen and oxygen atoms in total. The third-order valence-electron chi connectivity index (χ3n) is 3.80. The Bertz CT molecular complexity index is 868. The molecule has 3 rings (SSSR count). The van der Waals surface area contributed by atoms with E-state index < -0.39 is 0 Å². The number of thiazole rings is 1. The highest BCUT2D eigenvalue weighted by molar-refractivity contribution is 7.12. The number of hydrogen-bond donors (Lipinski definition) is 1. The van der Waals surface area contributed by atoms with Crippen LogP contribution in [0.5, 0.6) is 0 Å². The fourth-order valence-corrected chi connectivity index (χ4v) is 3.47. The minimum absolute atomic E-state index is 0.147. The lowest BCUT2D eigenvalue weighted by Crippen LogP contribution is -2.14. The van der Waals surface area contributed by atoms with Gasteiger partial charge < -0.3 is 5.32 Å². The predicted octanol–water partition coefficient (Wildman–Crippen LogP) is 4.76. The first kappa shape index (κ1) is 15.8. The van der Waals surface area contributed by atoms with Gasteiger partial charge in [-0.15, -0.1) is 11.3 Å². The summed E-state index contributed by atoms with van der Waals surface area (Å²) >= 11 is 7.65. The van der Waals surface area contributed by atoms with Crippen LogP contribution in [0.1, 0.15) is 27.3 Å². The van der Waals surface area contributed by atoms with Crippen LogP contribution in [0.3, 0.4) is 0 Å². The molecular formula is C17H16ClN3OS. The van der Waals surface area contributed by atoms with Gasteiger partial charge in [-0.1, -0.05) is 17.7 Å². The molecule has 0 bridgehead atoms. The SMILES string of the molecule is Cc1c(Cl)cccc1NC(=O)c1cc(C)n(-c2nccs2)c1C. The number of anilines is 1. The van der Waals surface area contributed by atoms with Gasteiger partial charge in [-0.05, 0) is 44.5 Å². The van der Waals surface area contributed by atoms with E-state index in [4.69, 9.17) is 11.6 Å². The van der Waals surface area contributed by atoms with Crippen LogP contribution in [0, 0.1) is 20.8 Å². The minimum atomic E-state index is -0.147. The van der Waals surface area contributed by atoms with Gasteiger partial charge in [-0.2, -0.15) is 0 Å². The number of aryl methyl sites for hydroxylation is 1. The maximum atomic E-state index is 12.6. The van der Waals surface area contributed by atoms with Gasteiger partial charge in [0.05, 0.1) is 5.56 Å². The molecule has 0 saturated carbocycles. The zero-order chi connectivity index (χ0) is 16.6. The Labute approximate surface area is 143 Å². The number of aromatic nitrogens is 2. The van der Waals surface area contributed by atoms with Crippen molar-refractivity contribution in [3.05, 3.63) is 63.4 Å². The summed E-state index contributed by atoms with van der Waals surface area (Å²) in [5.74, 6) is -0.147. The van der Waals surface area contributed by atoms with E-state index in [0.29, 0.717) is 10.6 Å². The maximum absolute atomic E-state index is 12.6. The van der Waals surface area contributed by atoms with Gasteiger partial charge in [0, 0.05) is 33.7 Å². The first-order chi connectivity index (χ1) is 11.0. The lowest BCUT2D eigenvalue weighted by Gasteiger charge is -2.10. The van der Waals surface area contributed by atoms with Gasteiger partial charge in [0.2, 0.25) is 0 Å². The van der Waals surface area contributed by atoms with Crippen LogP contribution < -0.4 is 5.32 Å². The number of hydrogen-bond acceptors (Lipinski definition) is 3. The van der Waals surface area contributed by atoms with Crippen LogP contribution in [0.4, 0.5) is 5.69 Å². The van der Waals surface area contributed by atoms with E-state index in [2.05, 4.69) is 10.3 Å². The quantitative estimate of drug-likeness (QED) is 0.743. The number of carbonyl (C=O) groups is 1. The summed E-state index contributed by atoms with van der Waals surface area (Å²) in [6, 6.07) is 7.36. The number of benzene rings is 1. The molecule has 0 unspecified atom stereocenters.